The average molecular weight is 644 g/mol. The van der Waals surface area contributed by atoms with Crippen molar-refractivity contribution in [3.8, 4) is 5.75 Å². The van der Waals surface area contributed by atoms with Gasteiger partial charge in [-0.2, -0.15) is 0 Å². The predicted octanol–water partition coefficient (Wildman–Crippen LogP) is 4.84. The second-order valence-corrected chi connectivity index (χ2v) is 12.8. The van der Waals surface area contributed by atoms with Gasteiger partial charge in [0.25, 0.3) is 0 Å². The highest BCUT2D eigenvalue weighted by Gasteiger charge is 2.56. The number of thioether (sulfide) groups is 1. The molecule has 3 atom stereocenters. The van der Waals surface area contributed by atoms with Crippen molar-refractivity contribution in [2.24, 2.45) is 5.92 Å². The van der Waals surface area contributed by atoms with Gasteiger partial charge in [-0.05, 0) is 67.9 Å². The lowest BCUT2D eigenvalue weighted by Crippen LogP contribution is -2.33. The van der Waals surface area contributed by atoms with Crippen molar-refractivity contribution >= 4 is 58.2 Å². The number of methoxy groups -OCH3 is 1. The maximum atomic E-state index is 14.0. The van der Waals surface area contributed by atoms with E-state index in [1.54, 1.807) is 62.6 Å². The van der Waals surface area contributed by atoms with Gasteiger partial charge in [-0.25, -0.2) is 9.69 Å². The van der Waals surface area contributed by atoms with Crippen LogP contribution in [0, 0.1) is 12.8 Å². The van der Waals surface area contributed by atoms with Crippen LogP contribution in [0.2, 0.25) is 0 Å². The molecule has 2 aliphatic heterocycles. The number of ether oxygens (including phenoxy) is 2. The van der Waals surface area contributed by atoms with Crippen LogP contribution in [0.3, 0.4) is 0 Å². The van der Waals surface area contributed by atoms with Gasteiger partial charge in [-0.1, -0.05) is 52.9 Å². The first-order chi connectivity index (χ1) is 21.7. The fraction of sp³-hybridized carbons (Fsp3) is 0.242. The third kappa shape index (κ3) is 5.67. The molecule has 0 radical (unpaired) electrons. The van der Waals surface area contributed by atoms with Crippen LogP contribution < -0.4 is 19.8 Å². The van der Waals surface area contributed by atoms with E-state index in [0.717, 1.165) is 34.2 Å². The number of thiazole rings is 1. The van der Waals surface area contributed by atoms with Crippen LogP contribution in [0.4, 0.5) is 11.4 Å². The van der Waals surface area contributed by atoms with Crippen LogP contribution >= 0.6 is 23.1 Å². The van der Waals surface area contributed by atoms with Crippen molar-refractivity contribution in [2.45, 2.75) is 36.6 Å². The molecule has 4 aromatic rings. The summed E-state index contributed by atoms with van der Waals surface area (Å²) in [5, 5.41) is 2.46. The lowest BCUT2D eigenvalue weighted by atomic mass is 9.83. The van der Waals surface area contributed by atoms with E-state index in [1.807, 2.05) is 31.2 Å². The Morgan fingerprint density at radius 3 is 2.24 bits per heavy atom. The monoisotopic (exact) mass is 643 g/mol. The molecule has 1 N–H and O–H groups in total. The van der Waals surface area contributed by atoms with Gasteiger partial charge in [-0.15, -0.1) is 0 Å². The van der Waals surface area contributed by atoms with Crippen molar-refractivity contribution in [2.75, 3.05) is 23.9 Å². The summed E-state index contributed by atoms with van der Waals surface area (Å²) in [6, 6.07) is 20.7. The Hall–Kier alpha value is -4.68. The molecule has 3 aromatic carbocycles. The van der Waals surface area contributed by atoms with E-state index < -0.39 is 29.0 Å². The van der Waals surface area contributed by atoms with Crippen molar-refractivity contribution in [3.05, 3.63) is 104 Å². The lowest BCUT2D eigenvalue weighted by Gasteiger charge is -2.30. The Kier molecular flexibility index (Phi) is 8.34. The van der Waals surface area contributed by atoms with Gasteiger partial charge in [0, 0.05) is 16.5 Å². The Bertz CT molecular complexity index is 1850. The van der Waals surface area contributed by atoms with Crippen molar-refractivity contribution < 1.29 is 28.7 Å². The van der Waals surface area contributed by atoms with Gasteiger partial charge in [0.2, 0.25) is 17.7 Å². The topological polar surface area (TPSA) is 124 Å². The normalized spacial score (nSPS) is 18.7. The van der Waals surface area contributed by atoms with E-state index in [4.69, 9.17) is 9.47 Å². The maximum Gasteiger partial charge on any atom is 0.338 e. The number of amides is 3. The molecule has 230 valence electrons. The van der Waals surface area contributed by atoms with Crippen LogP contribution in [0.15, 0.2) is 82.6 Å². The number of imide groups is 1. The molecule has 1 fully saturated rings. The minimum atomic E-state index is -0.794. The lowest BCUT2D eigenvalue weighted by molar-refractivity contribution is -0.122. The molecule has 1 saturated heterocycles. The summed E-state index contributed by atoms with van der Waals surface area (Å²) in [5.74, 6) is -2.31. The summed E-state index contributed by atoms with van der Waals surface area (Å²) < 4.78 is 11.7. The van der Waals surface area contributed by atoms with E-state index in [9.17, 15) is 24.0 Å². The van der Waals surface area contributed by atoms with Gasteiger partial charge >= 0.3 is 10.8 Å². The molecule has 12 heteroatoms. The second-order valence-electron chi connectivity index (χ2n) is 10.6. The van der Waals surface area contributed by atoms with Crippen LogP contribution in [0.5, 0.6) is 5.75 Å². The Labute approximate surface area is 267 Å². The molecule has 2 aliphatic rings. The standard InChI is InChI=1S/C33H29N3O7S2/c1-4-43-32(40)20-7-11-21(12-8-20)34-24(37)17-35-31-28(45-33(35)41)25(19-9-15-23(42-3)16-10-19)26-27(44-31)30(39)36(29(26)38)22-13-5-18(2)6-14-22/h5-16,25-27H,4,17H2,1-3H3,(H,34,37)/t25-,26?,27?/m0/s1. The molecule has 0 bridgehead atoms. The largest absolute Gasteiger partial charge is 0.497 e. The molecule has 0 saturated carbocycles. The molecule has 2 unspecified atom stereocenters. The number of rotatable bonds is 8. The Morgan fingerprint density at radius 2 is 1.60 bits per heavy atom. The zero-order valence-electron chi connectivity index (χ0n) is 24.6. The number of fused-ring (bicyclic) bond motifs is 2. The number of benzene rings is 3. The molecule has 6 rings (SSSR count). The highest BCUT2D eigenvalue weighted by atomic mass is 32.2. The SMILES string of the molecule is CCOC(=O)c1ccc(NC(=O)Cn2c3c(sc2=O)[C@@H](c2ccc(OC)cc2)C2C(=O)N(c4ccc(C)cc4)C(=O)C2S3)cc1. The predicted molar refractivity (Wildman–Crippen MR) is 171 cm³/mol. The van der Waals surface area contributed by atoms with Gasteiger partial charge in [0.1, 0.15) is 17.5 Å². The quantitative estimate of drug-likeness (QED) is 0.214. The summed E-state index contributed by atoms with van der Waals surface area (Å²) in [4.78, 5) is 67.9. The molecular weight excluding hydrogens is 615 g/mol. The van der Waals surface area contributed by atoms with Crippen LogP contribution in [0.25, 0.3) is 0 Å². The zero-order chi connectivity index (χ0) is 31.8. The maximum absolute atomic E-state index is 14.0. The minimum Gasteiger partial charge on any atom is -0.497 e. The number of nitrogens with zero attached hydrogens (tertiary/aromatic N) is 2. The Morgan fingerprint density at radius 1 is 0.911 bits per heavy atom. The highest BCUT2D eigenvalue weighted by Crippen LogP contribution is 2.54. The zero-order valence-corrected chi connectivity index (χ0v) is 26.3. The Balaban J connectivity index is 1.34. The van der Waals surface area contributed by atoms with E-state index in [2.05, 4.69) is 5.32 Å². The van der Waals surface area contributed by atoms with Gasteiger partial charge in [0.05, 0.1) is 35.9 Å². The molecule has 0 spiro atoms. The van der Waals surface area contributed by atoms with Gasteiger partial charge in [0.15, 0.2) is 0 Å². The number of esters is 1. The van der Waals surface area contributed by atoms with E-state index >= 15 is 0 Å². The summed E-state index contributed by atoms with van der Waals surface area (Å²) >= 11 is 2.14. The first-order valence-corrected chi connectivity index (χ1v) is 16.0. The summed E-state index contributed by atoms with van der Waals surface area (Å²) in [6.45, 7) is 3.60. The fourth-order valence-electron chi connectivity index (χ4n) is 5.62. The van der Waals surface area contributed by atoms with E-state index in [-0.39, 0.29) is 29.8 Å². The van der Waals surface area contributed by atoms with E-state index in [0.29, 0.717) is 32.6 Å². The van der Waals surface area contributed by atoms with Gasteiger partial charge in [-0.3, -0.25) is 23.7 Å². The number of carbonyl (C=O) groups excluding carboxylic acids is 4. The molecule has 45 heavy (non-hydrogen) atoms. The molecule has 0 aliphatic carbocycles. The third-order valence-corrected chi connectivity index (χ3v) is 10.4. The number of aromatic nitrogens is 1. The molecule has 10 nitrogen and oxygen atoms in total. The minimum absolute atomic E-state index is 0.250. The number of carbonyl (C=O) groups is 4. The summed E-state index contributed by atoms with van der Waals surface area (Å²) in [7, 11) is 1.56. The molecular formula is C33H29N3O7S2. The smallest absolute Gasteiger partial charge is 0.338 e. The molecule has 3 heterocycles. The number of aryl methyl sites for hydroxylation is 1. The second kappa shape index (κ2) is 12.4. The summed E-state index contributed by atoms with van der Waals surface area (Å²) in [6.07, 6.45) is 0. The number of hydrogen-bond donors (Lipinski definition) is 1. The highest BCUT2D eigenvalue weighted by molar-refractivity contribution is 8.00. The first kappa shape index (κ1) is 30.4. The van der Waals surface area contributed by atoms with Gasteiger partial charge < -0.3 is 14.8 Å². The molecule has 3 amide bonds. The van der Waals surface area contributed by atoms with Crippen molar-refractivity contribution in [1.82, 2.24) is 4.57 Å². The van der Waals surface area contributed by atoms with Crippen LogP contribution in [-0.4, -0.2) is 47.2 Å². The van der Waals surface area contributed by atoms with Crippen LogP contribution in [0.1, 0.15) is 39.2 Å². The number of anilines is 2. The number of nitrogens with one attached hydrogen (secondary N) is 1. The molecule has 1 aromatic heterocycles. The van der Waals surface area contributed by atoms with Crippen LogP contribution in [-0.2, 0) is 25.7 Å². The number of hydrogen-bond acceptors (Lipinski definition) is 9. The first-order valence-electron chi connectivity index (χ1n) is 14.3. The average Bonchev–Trinajstić information content (AvgIpc) is 3.48. The third-order valence-electron chi connectivity index (χ3n) is 7.80. The summed E-state index contributed by atoms with van der Waals surface area (Å²) in [5.41, 5.74) is 3.05. The van der Waals surface area contributed by atoms with E-state index in [1.165, 1.54) is 9.47 Å². The van der Waals surface area contributed by atoms with Crippen molar-refractivity contribution in [3.63, 3.8) is 0 Å². The van der Waals surface area contributed by atoms with Crippen molar-refractivity contribution in [1.29, 1.82) is 0 Å². The fourth-order valence-corrected chi connectivity index (χ4v) is 8.40.